The van der Waals surface area contributed by atoms with E-state index in [0.717, 1.165) is 5.56 Å². The van der Waals surface area contributed by atoms with Crippen LogP contribution in [0.15, 0.2) is 24.8 Å². The second kappa shape index (κ2) is 13.6. The second-order valence-electron chi connectivity index (χ2n) is 11.4. The van der Waals surface area contributed by atoms with E-state index in [-0.39, 0.29) is 24.5 Å². The first-order valence-corrected chi connectivity index (χ1v) is 14.6. The van der Waals surface area contributed by atoms with E-state index in [1.165, 1.54) is 0 Å². The normalized spacial score (nSPS) is 17.4. The Morgan fingerprint density at radius 1 is 1.18 bits per heavy atom. The summed E-state index contributed by atoms with van der Waals surface area (Å²) in [4.78, 5) is 26.9. The molecule has 2 rings (SSSR count). The molecule has 0 radical (unpaired) electrons. The van der Waals surface area contributed by atoms with Crippen molar-refractivity contribution in [2.75, 3.05) is 19.7 Å². The van der Waals surface area contributed by atoms with Gasteiger partial charge in [-0.05, 0) is 73.3 Å². The van der Waals surface area contributed by atoms with Crippen LogP contribution in [0, 0.1) is 5.92 Å². The van der Waals surface area contributed by atoms with Gasteiger partial charge in [0.1, 0.15) is 28.7 Å². The lowest BCUT2D eigenvalue weighted by molar-refractivity contribution is -0.134. The highest BCUT2D eigenvalue weighted by atomic mass is 35.5. The number of likely N-dealkylation sites (tertiary alicyclic amines) is 1. The van der Waals surface area contributed by atoms with Gasteiger partial charge in [-0.15, -0.1) is 4.72 Å². The molecule has 2 unspecified atom stereocenters. The number of hydrogen-bond donors (Lipinski definition) is 2. The van der Waals surface area contributed by atoms with E-state index in [1.54, 1.807) is 50.8 Å². The number of amides is 2. The lowest BCUT2D eigenvalue weighted by Crippen LogP contribution is -2.51. The molecule has 1 saturated heterocycles. The minimum absolute atomic E-state index is 0.0304. The van der Waals surface area contributed by atoms with Crippen LogP contribution in [-0.2, 0) is 20.9 Å². The van der Waals surface area contributed by atoms with Crippen molar-refractivity contribution in [3.63, 3.8) is 0 Å². The number of halogens is 2. The molecule has 214 valence electrons. The molecule has 8 nitrogen and oxygen atoms in total. The van der Waals surface area contributed by atoms with E-state index in [2.05, 4.69) is 16.6 Å². The zero-order valence-electron chi connectivity index (χ0n) is 23.4. The summed E-state index contributed by atoms with van der Waals surface area (Å²) >= 11 is 11.3. The Hall–Kier alpha value is -1.65. The number of hydrogen-bond acceptors (Lipinski definition) is 6. The smallest absolute Gasteiger partial charge is 0.408 e. The van der Waals surface area contributed by atoms with Gasteiger partial charge in [0.15, 0.2) is 0 Å². The van der Waals surface area contributed by atoms with Crippen molar-refractivity contribution in [1.29, 1.82) is 0 Å². The number of nitrogens with one attached hydrogen (secondary N) is 2. The Morgan fingerprint density at radius 2 is 1.76 bits per heavy atom. The maximum absolute atomic E-state index is 13.2. The van der Waals surface area contributed by atoms with E-state index >= 15 is 0 Å². The molecule has 0 saturated carbocycles. The number of carbonyl (C=O) groups excluding carboxylic acids is 2. The SMILES string of the molecule is C=CCOc1cc(Cl)c(Cl)cc1C(N[S+]([O-])C(C)(C)C)C1CCN(C(=O)[C@@H](C)NC(=O)OC(C)(C)C)CC1. The van der Waals surface area contributed by atoms with Gasteiger partial charge in [0.2, 0.25) is 5.91 Å². The van der Waals surface area contributed by atoms with Crippen molar-refractivity contribution in [1.82, 2.24) is 14.9 Å². The third-order valence-electron chi connectivity index (χ3n) is 5.96. The number of alkyl carbamates (subject to hydrolysis) is 1. The number of benzene rings is 1. The van der Waals surface area contributed by atoms with Crippen molar-refractivity contribution in [2.45, 2.75) is 83.7 Å². The molecule has 38 heavy (non-hydrogen) atoms. The Bertz CT molecular complexity index is 988. The van der Waals surface area contributed by atoms with Crippen LogP contribution in [-0.4, -0.2) is 57.5 Å². The summed E-state index contributed by atoms with van der Waals surface area (Å²) in [5.74, 6) is 0.390. The second-order valence-corrected chi connectivity index (χ2v) is 14.2. The maximum atomic E-state index is 13.2. The fourth-order valence-electron chi connectivity index (χ4n) is 4.04. The molecule has 1 heterocycles. The monoisotopic (exact) mass is 589 g/mol. The van der Waals surface area contributed by atoms with E-state index in [0.29, 0.717) is 41.7 Å². The van der Waals surface area contributed by atoms with Gasteiger partial charge in [-0.1, -0.05) is 35.9 Å². The van der Waals surface area contributed by atoms with Crippen molar-refractivity contribution in [3.8, 4) is 5.75 Å². The first-order valence-electron chi connectivity index (χ1n) is 12.7. The predicted molar refractivity (Wildman–Crippen MR) is 154 cm³/mol. The van der Waals surface area contributed by atoms with Crippen LogP contribution in [0.1, 0.15) is 72.9 Å². The lowest BCUT2D eigenvalue weighted by atomic mass is 9.85. The van der Waals surface area contributed by atoms with Gasteiger partial charge >= 0.3 is 6.09 Å². The maximum Gasteiger partial charge on any atom is 0.408 e. The van der Waals surface area contributed by atoms with Gasteiger partial charge in [-0.3, -0.25) is 4.79 Å². The van der Waals surface area contributed by atoms with Crippen molar-refractivity contribution in [3.05, 3.63) is 40.4 Å². The molecule has 1 aromatic carbocycles. The Balaban J connectivity index is 2.23. The zero-order chi connectivity index (χ0) is 28.8. The highest BCUT2D eigenvalue weighted by molar-refractivity contribution is 7.90. The highest BCUT2D eigenvalue weighted by Crippen LogP contribution is 2.41. The van der Waals surface area contributed by atoms with Crippen molar-refractivity contribution in [2.24, 2.45) is 5.92 Å². The summed E-state index contributed by atoms with van der Waals surface area (Å²) in [5, 5.41) is 3.35. The lowest BCUT2D eigenvalue weighted by Gasteiger charge is -2.39. The van der Waals surface area contributed by atoms with Crippen LogP contribution in [0.4, 0.5) is 4.79 Å². The van der Waals surface area contributed by atoms with Gasteiger partial charge in [0, 0.05) is 36.1 Å². The summed E-state index contributed by atoms with van der Waals surface area (Å²) in [6, 6.07) is 2.33. The number of carbonyl (C=O) groups is 2. The van der Waals surface area contributed by atoms with E-state index in [1.807, 2.05) is 20.8 Å². The minimum Gasteiger partial charge on any atom is -0.598 e. The summed E-state index contributed by atoms with van der Waals surface area (Å²) in [6.07, 6.45) is 2.29. The van der Waals surface area contributed by atoms with E-state index < -0.39 is 33.8 Å². The van der Waals surface area contributed by atoms with Gasteiger partial charge < -0.3 is 24.2 Å². The average molecular weight is 591 g/mol. The fraction of sp³-hybridized carbons (Fsp3) is 0.630. The standard InChI is InChI=1S/C27H41Cl2N3O5S/c1-9-14-36-22-16-21(29)20(28)15-19(22)23(31-38(35)27(6,7)8)18-10-12-32(13-11-18)24(33)17(2)30-25(34)37-26(3,4)5/h9,15-18,23,31H,1,10-14H2,2-8H3,(H,30,34)/t17-,23?,38?/m1/s1. The first kappa shape index (κ1) is 32.6. The molecule has 0 bridgehead atoms. The number of rotatable bonds is 9. The van der Waals surface area contributed by atoms with Crippen LogP contribution in [0.5, 0.6) is 5.75 Å². The molecule has 1 aliphatic rings. The molecule has 1 aromatic rings. The topological polar surface area (TPSA) is 103 Å². The molecule has 1 fully saturated rings. The third kappa shape index (κ3) is 9.52. The average Bonchev–Trinajstić information content (AvgIpc) is 2.80. The number of ether oxygens (including phenoxy) is 2. The van der Waals surface area contributed by atoms with E-state index in [4.69, 9.17) is 32.7 Å². The molecular formula is C27H41Cl2N3O5S. The Labute approximate surface area is 240 Å². The Kier molecular flexibility index (Phi) is 11.7. The highest BCUT2D eigenvalue weighted by Gasteiger charge is 2.38. The molecule has 0 spiro atoms. The van der Waals surface area contributed by atoms with Crippen LogP contribution in [0.2, 0.25) is 10.0 Å². The minimum atomic E-state index is -1.38. The molecule has 0 aromatic heterocycles. The van der Waals surface area contributed by atoms with Crippen LogP contribution in [0.25, 0.3) is 0 Å². The predicted octanol–water partition coefficient (Wildman–Crippen LogP) is 5.80. The van der Waals surface area contributed by atoms with Gasteiger partial charge in [0.05, 0.1) is 16.1 Å². The van der Waals surface area contributed by atoms with Crippen LogP contribution in [0.3, 0.4) is 0 Å². The molecule has 11 heteroatoms. The van der Waals surface area contributed by atoms with Crippen molar-refractivity contribution < 1.29 is 23.6 Å². The summed E-state index contributed by atoms with van der Waals surface area (Å²) in [7, 11) is 0. The number of piperidine rings is 1. The van der Waals surface area contributed by atoms with Gasteiger partial charge in [0.25, 0.3) is 0 Å². The van der Waals surface area contributed by atoms with Gasteiger partial charge in [-0.2, -0.15) is 0 Å². The molecule has 0 aliphatic carbocycles. The molecule has 2 N–H and O–H groups in total. The summed E-state index contributed by atoms with van der Waals surface area (Å²) in [6.45, 7) is 17.6. The summed E-state index contributed by atoms with van der Waals surface area (Å²) in [5.41, 5.74) is 0.0997. The molecule has 1 aliphatic heterocycles. The first-order chi connectivity index (χ1) is 17.5. The van der Waals surface area contributed by atoms with Gasteiger partial charge in [-0.25, -0.2) is 4.79 Å². The molecule has 2 amide bonds. The fourth-order valence-corrected chi connectivity index (χ4v) is 5.27. The van der Waals surface area contributed by atoms with Crippen LogP contribution >= 0.6 is 23.2 Å². The van der Waals surface area contributed by atoms with E-state index in [9.17, 15) is 14.1 Å². The van der Waals surface area contributed by atoms with Crippen molar-refractivity contribution >= 4 is 46.6 Å². The van der Waals surface area contributed by atoms with Crippen LogP contribution < -0.4 is 14.8 Å². The quantitative estimate of drug-likeness (QED) is 0.278. The largest absolute Gasteiger partial charge is 0.598 e. The summed E-state index contributed by atoms with van der Waals surface area (Å²) < 4.78 is 27.2. The zero-order valence-corrected chi connectivity index (χ0v) is 25.7. The third-order valence-corrected chi connectivity index (χ3v) is 8.26. The Morgan fingerprint density at radius 3 is 2.29 bits per heavy atom. The molecular weight excluding hydrogens is 549 g/mol. The number of nitrogens with zero attached hydrogens (tertiary/aromatic N) is 1. The molecule has 3 atom stereocenters.